The number of halogens is 3. The smallest absolute Gasteiger partial charge is 0.416 e. The molecule has 2 amide bonds. The van der Waals surface area contributed by atoms with Crippen molar-refractivity contribution in [2.45, 2.75) is 38.9 Å². The third kappa shape index (κ3) is 6.74. The largest absolute Gasteiger partial charge is 0.504 e. The fourth-order valence-corrected chi connectivity index (χ4v) is 6.85. The Labute approximate surface area is 297 Å². The van der Waals surface area contributed by atoms with E-state index in [2.05, 4.69) is 33.7 Å². The Hall–Kier alpha value is -5.23. The molecule has 6 rings (SSSR count). The number of hydrogen-bond donors (Lipinski definition) is 2. The summed E-state index contributed by atoms with van der Waals surface area (Å²) in [4.78, 5) is 57.1. The van der Waals surface area contributed by atoms with Crippen LogP contribution >= 0.6 is 0 Å². The molecule has 4 heterocycles. The number of hydrogen-bond acceptors (Lipinski definition) is 11. The Balaban J connectivity index is 1.30. The summed E-state index contributed by atoms with van der Waals surface area (Å²) in [5, 5.41) is 17.6. The Bertz CT molecular complexity index is 2020. The summed E-state index contributed by atoms with van der Waals surface area (Å²) < 4.78 is 48.7. The van der Waals surface area contributed by atoms with Crippen molar-refractivity contribution in [1.29, 1.82) is 0 Å². The van der Waals surface area contributed by atoms with E-state index in [1.165, 1.54) is 11.0 Å². The molecule has 278 valence electrons. The number of aliphatic hydroxyl groups is 1. The number of carbonyl (C=O) groups excluding carboxylic acids is 2. The van der Waals surface area contributed by atoms with Crippen LogP contribution in [0.4, 0.5) is 24.5 Å². The summed E-state index contributed by atoms with van der Waals surface area (Å²) in [5.41, 5.74) is 0.660. The average Bonchev–Trinajstić information content (AvgIpc) is 3.09. The summed E-state index contributed by atoms with van der Waals surface area (Å²) in [6.07, 6.45) is -3.52. The molecule has 0 atom stereocenters. The minimum Gasteiger partial charge on any atom is -0.504 e. The highest BCUT2D eigenvalue weighted by atomic mass is 19.4. The van der Waals surface area contributed by atoms with Crippen LogP contribution in [0.15, 0.2) is 55.7 Å². The lowest BCUT2D eigenvalue weighted by atomic mass is 9.83. The van der Waals surface area contributed by atoms with Crippen molar-refractivity contribution in [3.8, 4) is 0 Å². The molecule has 0 unspecified atom stereocenters. The molecule has 1 aliphatic carbocycles. The van der Waals surface area contributed by atoms with E-state index in [0.717, 1.165) is 10.7 Å². The minimum atomic E-state index is -4.49. The van der Waals surface area contributed by atoms with Crippen LogP contribution in [0.1, 0.15) is 29.3 Å². The van der Waals surface area contributed by atoms with Crippen LogP contribution in [-0.2, 0) is 46.3 Å². The maximum Gasteiger partial charge on any atom is 0.416 e. The fraction of sp³-hybridized carbons (Fsp3) is 0.471. The second-order valence-electron chi connectivity index (χ2n) is 13.0. The fourth-order valence-electron chi connectivity index (χ4n) is 6.85. The number of piperazine rings is 1. The number of aliphatic hydroxyl groups excluding tert-OH is 1. The van der Waals surface area contributed by atoms with Crippen LogP contribution in [0.2, 0.25) is 0 Å². The Morgan fingerprint density at radius 2 is 1.83 bits per heavy atom. The monoisotopic (exact) mass is 726 g/mol. The summed E-state index contributed by atoms with van der Waals surface area (Å²) >= 11 is 0. The van der Waals surface area contributed by atoms with E-state index in [9.17, 15) is 32.7 Å². The Morgan fingerprint density at radius 1 is 1.12 bits per heavy atom. The Kier molecular flexibility index (Phi) is 10.1. The summed E-state index contributed by atoms with van der Waals surface area (Å²) in [5.74, 6) is -0.827. The molecule has 18 heteroatoms. The van der Waals surface area contributed by atoms with E-state index in [1.54, 1.807) is 28.5 Å². The number of nitrogens with one attached hydrogen (secondary N) is 1. The van der Waals surface area contributed by atoms with Gasteiger partial charge in [0.15, 0.2) is 11.5 Å². The number of carbonyl (C=O) groups is 2. The summed E-state index contributed by atoms with van der Waals surface area (Å²) in [6, 6.07) is 2.25. The van der Waals surface area contributed by atoms with Gasteiger partial charge in [-0.1, -0.05) is 13.5 Å². The molecule has 1 aromatic carbocycles. The molecule has 2 fully saturated rings. The van der Waals surface area contributed by atoms with Crippen molar-refractivity contribution >= 4 is 35.7 Å². The number of anilines is 2. The highest BCUT2D eigenvalue weighted by Crippen LogP contribution is 2.41. The number of aromatic nitrogens is 2. The zero-order valence-corrected chi connectivity index (χ0v) is 29.3. The topological polar surface area (TPSA) is 153 Å². The molecular formula is C34H41F3N10O5. The average molecular weight is 727 g/mol. The van der Waals surface area contributed by atoms with Gasteiger partial charge in [-0.05, 0) is 56.6 Å². The highest BCUT2D eigenvalue weighted by molar-refractivity contribution is 6.00. The number of alkyl halides is 3. The van der Waals surface area contributed by atoms with Crippen LogP contribution in [0.25, 0.3) is 0 Å². The van der Waals surface area contributed by atoms with Gasteiger partial charge in [0.1, 0.15) is 24.7 Å². The number of ether oxygens (including phenoxy) is 1. The molecule has 52 heavy (non-hydrogen) atoms. The van der Waals surface area contributed by atoms with Gasteiger partial charge in [0, 0.05) is 45.1 Å². The van der Waals surface area contributed by atoms with Crippen molar-refractivity contribution in [1.82, 2.24) is 23.9 Å². The molecule has 4 aliphatic rings. The van der Waals surface area contributed by atoms with Crippen LogP contribution in [0.3, 0.4) is 0 Å². The Morgan fingerprint density at radius 3 is 2.44 bits per heavy atom. The first kappa shape index (κ1) is 36.6. The number of amidine groups is 1. The van der Waals surface area contributed by atoms with Crippen molar-refractivity contribution in [3.05, 3.63) is 74.2 Å². The third-order valence-corrected chi connectivity index (χ3v) is 9.49. The molecular weight excluding hydrogens is 685 g/mol. The lowest BCUT2D eigenvalue weighted by Gasteiger charge is -2.38. The number of nitrogens with zero attached hydrogens (tertiary/aromatic N) is 9. The quantitative estimate of drug-likeness (QED) is 0.370. The first-order chi connectivity index (χ1) is 24.7. The number of morpholine rings is 1. The molecule has 1 aromatic heterocycles. The molecule has 0 bridgehead atoms. The highest BCUT2D eigenvalue weighted by Gasteiger charge is 2.38. The summed E-state index contributed by atoms with van der Waals surface area (Å²) in [7, 11) is 3.57. The first-order valence-electron chi connectivity index (χ1n) is 16.9. The van der Waals surface area contributed by atoms with Gasteiger partial charge >= 0.3 is 6.18 Å². The van der Waals surface area contributed by atoms with Gasteiger partial charge in [-0.3, -0.25) is 19.3 Å². The van der Waals surface area contributed by atoms with Gasteiger partial charge in [-0.2, -0.15) is 22.9 Å². The normalized spacial score (nSPS) is 17.9. The predicted molar refractivity (Wildman–Crippen MR) is 187 cm³/mol. The van der Waals surface area contributed by atoms with E-state index in [4.69, 9.17) is 4.74 Å². The molecule has 2 saturated heterocycles. The van der Waals surface area contributed by atoms with Crippen molar-refractivity contribution in [3.63, 3.8) is 0 Å². The zero-order valence-electron chi connectivity index (χ0n) is 29.3. The van der Waals surface area contributed by atoms with E-state index in [-0.39, 0.29) is 86.4 Å². The second kappa shape index (κ2) is 14.4. The molecule has 0 saturated carbocycles. The first-order valence-corrected chi connectivity index (χ1v) is 16.9. The van der Waals surface area contributed by atoms with Gasteiger partial charge in [0.2, 0.25) is 11.5 Å². The van der Waals surface area contributed by atoms with Crippen molar-refractivity contribution in [2.24, 2.45) is 15.1 Å². The molecule has 15 nitrogen and oxygen atoms in total. The lowest BCUT2D eigenvalue weighted by Crippen LogP contribution is -2.53. The van der Waals surface area contributed by atoms with Crippen LogP contribution in [0.5, 0.6) is 0 Å². The van der Waals surface area contributed by atoms with Gasteiger partial charge in [0.25, 0.3) is 11.5 Å². The predicted octanol–water partition coefficient (Wildman–Crippen LogP) is 1.53. The number of fused-ring (bicyclic) bond motifs is 2. The second-order valence-corrected chi connectivity index (χ2v) is 13.0. The van der Waals surface area contributed by atoms with E-state index >= 15 is 0 Å². The lowest BCUT2D eigenvalue weighted by molar-refractivity contribution is -0.138. The number of amides is 2. The van der Waals surface area contributed by atoms with Gasteiger partial charge in [0.05, 0.1) is 30.2 Å². The zero-order chi connectivity index (χ0) is 37.5. The van der Waals surface area contributed by atoms with Crippen molar-refractivity contribution < 1.29 is 32.6 Å². The van der Waals surface area contributed by atoms with Crippen LogP contribution in [0, 0.1) is 0 Å². The number of aliphatic imine (C=N–C) groups is 1. The van der Waals surface area contributed by atoms with E-state index in [0.29, 0.717) is 48.8 Å². The maximum absolute atomic E-state index is 14.1. The SMILES string of the molecule is C=Nn1c(=O)c(N2CCN(C(=O)C3=C(O)C(=C)N4CCOCC4=N3)CC2)c(CC)n(CC(=O)Nc2ccc(C(F)(F)F)c3c2CC3)/c1=N/CN(C)C. The van der Waals surface area contributed by atoms with Crippen LogP contribution in [-0.4, -0.2) is 120 Å². The van der Waals surface area contributed by atoms with Gasteiger partial charge < -0.3 is 34.4 Å². The van der Waals surface area contributed by atoms with Crippen LogP contribution < -0.4 is 21.4 Å². The number of rotatable bonds is 9. The standard InChI is InChI=1S/C34H41F3N10O5/c1-6-25-29(43-11-13-44(14-12-43)31(50)28-30(49)20(2)45-15-16-52-18-26(45)41-28)32(51)47(38-3)33(39-19-42(4)5)46(25)17-27(48)40-24-10-9-23(34(35,36)37)21-7-8-22(21)24/h9-10,49H,2-3,6-8,11-19H2,1,4-5H3,(H,40,48)/b39-33-. The third-order valence-electron chi connectivity index (χ3n) is 9.49. The maximum atomic E-state index is 14.1. The molecule has 0 radical (unpaired) electrons. The molecule has 0 spiro atoms. The molecule has 2 N–H and O–H groups in total. The van der Waals surface area contributed by atoms with Gasteiger partial charge in [-0.15, -0.1) is 0 Å². The van der Waals surface area contributed by atoms with Gasteiger partial charge in [-0.25, -0.2) is 9.98 Å². The summed E-state index contributed by atoms with van der Waals surface area (Å²) in [6.45, 7) is 11.1. The van der Waals surface area contributed by atoms with E-state index < -0.39 is 29.1 Å². The molecule has 2 aromatic rings. The van der Waals surface area contributed by atoms with E-state index in [1.807, 2.05) is 11.8 Å². The minimum absolute atomic E-state index is 0.0680. The molecule has 3 aliphatic heterocycles. The number of benzene rings is 1. The van der Waals surface area contributed by atoms with Crippen molar-refractivity contribution in [2.75, 3.05) is 76.9 Å².